The molecule has 1 aromatic heterocycles. The van der Waals surface area contributed by atoms with Gasteiger partial charge in [-0.25, -0.2) is 0 Å². The van der Waals surface area contributed by atoms with Crippen LogP contribution < -0.4 is 5.32 Å². The fraction of sp³-hybridized carbons (Fsp3) is 0.700. The number of hydrogen-bond acceptors (Lipinski definition) is 3. The first-order valence-electron chi connectivity index (χ1n) is 5.40. The molecule has 1 rings (SSSR count). The lowest BCUT2D eigenvalue weighted by Crippen LogP contribution is -2.51. The van der Waals surface area contributed by atoms with E-state index in [9.17, 15) is 26.3 Å². The third kappa shape index (κ3) is 4.64. The van der Waals surface area contributed by atoms with Crippen LogP contribution >= 0.6 is 11.3 Å². The van der Waals surface area contributed by atoms with E-state index in [2.05, 4.69) is 10.3 Å². The van der Waals surface area contributed by atoms with E-state index in [1.54, 1.807) is 0 Å². The minimum Gasteiger partial charge on any atom is -0.313 e. The number of nitrogens with zero attached hydrogens (tertiary/aromatic N) is 1. The standard InChI is InChI=1S/C10H12F6N2S/c1-2-18-7(3-6-4-17-5-19-6)8(9(11,12)13)10(14,15)16/h4-5,7-8,18H,2-3H2,1H3. The lowest BCUT2D eigenvalue weighted by molar-refractivity contribution is -0.291. The molecule has 110 valence electrons. The van der Waals surface area contributed by atoms with Gasteiger partial charge in [-0.15, -0.1) is 11.3 Å². The highest BCUT2D eigenvalue weighted by Crippen LogP contribution is 2.42. The van der Waals surface area contributed by atoms with Crippen LogP contribution in [-0.4, -0.2) is 29.9 Å². The van der Waals surface area contributed by atoms with Crippen LogP contribution in [-0.2, 0) is 6.42 Å². The Bertz CT molecular complexity index is 358. The number of aromatic nitrogens is 1. The molecule has 1 aromatic rings. The van der Waals surface area contributed by atoms with Crippen LogP contribution in [0.5, 0.6) is 0 Å². The van der Waals surface area contributed by atoms with Gasteiger partial charge >= 0.3 is 12.4 Å². The van der Waals surface area contributed by atoms with Gasteiger partial charge in [-0.3, -0.25) is 4.98 Å². The quantitative estimate of drug-likeness (QED) is 0.843. The van der Waals surface area contributed by atoms with E-state index < -0.39 is 24.3 Å². The zero-order valence-corrected chi connectivity index (χ0v) is 10.7. The molecule has 0 aliphatic rings. The highest BCUT2D eigenvalue weighted by Gasteiger charge is 2.59. The van der Waals surface area contributed by atoms with Crippen molar-refractivity contribution < 1.29 is 26.3 Å². The molecule has 2 nitrogen and oxygen atoms in total. The molecule has 19 heavy (non-hydrogen) atoms. The molecule has 0 spiro atoms. The summed E-state index contributed by atoms with van der Waals surface area (Å²) >= 11 is 1.03. The molecule has 1 heterocycles. The zero-order chi connectivity index (χ0) is 14.7. The minimum atomic E-state index is -5.34. The summed E-state index contributed by atoms with van der Waals surface area (Å²) in [7, 11) is 0. The Balaban J connectivity index is 2.99. The van der Waals surface area contributed by atoms with Crippen molar-refractivity contribution in [3.05, 3.63) is 16.6 Å². The van der Waals surface area contributed by atoms with Gasteiger partial charge in [0, 0.05) is 17.1 Å². The molecule has 0 saturated heterocycles. The summed E-state index contributed by atoms with van der Waals surface area (Å²) in [6.07, 6.45) is -9.76. The Labute approximate surface area is 109 Å². The first kappa shape index (κ1) is 16.2. The summed E-state index contributed by atoms with van der Waals surface area (Å²) in [5.74, 6) is -3.39. The lowest BCUT2D eigenvalue weighted by Gasteiger charge is -2.30. The lowest BCUT2D eigenvalue weighted by atomic mass is 9.95. The molecule has 9 heteroatoms. The average molecular weight is 306 g/mol. The summed E-state index contributed by atoms with van der Waals surface area (Å²) in [6, 6.07) is -1.74. The van der Waals surface area contributed by atoms with Crippen molar-refractivity contribution >= 4 is 11.3 Å². The van der Waals surface area contributed by atoms with Crippen molar-refractivity contribution in [3.8, 4) is 0 Å². The van der Waals surface area contributed by atoms with Gasteiger partial charge in [-0.1, -0.05) is 6.92 Å². The molecule has 0 aliphatic heterocycles. The van der Waals surface area contributed by atoms with Crippen molar-refractivity contribution in [1.29, 1.82) is 0 Å². The van der Waals surface area contributed by atoms with E-state index in [4.69, 9.17) is 0 Å². The van der Waals surface area contributed by atoms with Crippen LogP contribution in [0.4, 0.5) is 26.3 Å². The molecule has 1 N–H and O–H groups in total. The van der Waals surface area contributed by atoms with E-state index in [1.165, 1.54) is 18.6 Å². The fourth-order valence-electron chi connectivity index (χ4n) is 1.77. The first-order chi connectivity index (χ1) is 8.66. The molecule has 0 aliphatic carbocycles. The highest BCUT2D eigenvalue weighted by molar-refractivity contribution is 7.09. The second-order valence-corrected chi connectivity index (χ2v) is 4.87. The predicted octanol–water partition coefficient (Wildman–Crippen LogP) is 3.40. The highest BCUT2D eigenvalue weighted by atomic mass is 32.1. The molecule has 0 amide bonds. The molecule has 0 saturated carbocycles. The van der Waals surface area contributed by atoms with E-state index in [0.717, 1.165) is 11.3 Å². The van der Waals surface area contributed by atoms with Crippen LogP contribution in [0.1, 0.15) is 11.8 Å². The normalized spacial score (nSPS) is 14.9. The van der Waals surface area contributed by atoms with Crippen LogP contribution in [0, 0.1) is 5.92 Å². The van der Waals surface area contributed by atoms with Crippen molar-refractivity contribution in [2.24, 2.45) is 5.92 Å². The summed E-state index contributed by atoms with van der Waals surface area (Å²) in [5.41, 5.74) is 1.37. The Hall–Kier alpha value is -0.830. The second kappa shape index (κ2) is 6.08. The van der Waals surface area contributed by atoms with Crippen molar-refractivity contribution in [3.63, 3.8) is 0 Å². The number of hydrogen-bond donors (Lipinski definition) is 1. The number of halogens is 6. The van der Waals surface area contributed by atoms with Gasteiger partial charge in [0.25, 0.3) is 0 Å². The van der Waals surface area contributed by atoms with Gasteiger partial charge in [0.2, 0.25) is 0 Å². The Morgan fingerprint density at radius 2 is 1.79 bits per heavy atom. The van der Waals surface area contributed by atoms with Crippen LogP contribution in [0.3, 0.4) is 0 Å². The number of nitrogens with one attached hydrogen (secondary N) is 1. The van der Waals surface area contributed by atoms with E-state index >= 15 is 0 Å². The van der Waals surface area contributed by atoms with Crippen molar-refractivity contribution in [2.75, 3.05) is 6.54 Å². The van der Waals surface area contributed by atoms with E-state index in [-0.39, 0.29) is 13.0 Å². The maximum atomic E-state index is 12.6. The molecular weight excluding hydrogens is 294 g/mol. The number of alkyl halides is 6. The largest absolute Gasteiger partial charge is 0.402 e. The van der Waals surface area contributed by atoms with Crippen molar-refractivity contribution in [2.45, 2.75) is 31.7 Å². The average Bonchev–Trinajstić information content (AvgIpc) is 2.65. The van der Waals surface area contributed by atoms with Gasteiger partial charge in [0.15, 0.2) is 5.92 Å². The molecule has 1 atom stereocenters. The fourth-order valence-corrected chi connectivity index (χ4v) is 2.43. The molecule has 1 unspecified atom stereocenters. The molecule has 0 fully saturated rings. The SMILES string of the molecule is CCNC(Cc1cncs1)C(C(F)(F)F)C(F)(F)F. The van der Waals surface area contributed by atoms with E-state index in [0.29, 0.717) is 4.88 Å². The van der Waals surface area contributed by atoms with Crippen LogP contribution in [0.15, 0.2) is 11.7 Å². The maximum Gasteiger partial charge on any atom is 0.402 e. The zero-order valence-electron chi connectivity index (χ0n) is 9.85. The van der Waals surface area contributed by atoms with Gasteiger partial charge in [-0.2, -0.15) is 26.3 Å². The van der Waals surface area contributed by atoms with Crippen LogP contribution in [0.2, 0.25) is 0 Å². The third-order valence-corrected chi connectivity index (χ3v) is 3.28. The summed E-state index contributed by atoms with van der Waals surface area (Å²) in [4.78, 5) is 4.03. The predicted molar refractivity (Wildman–Crippen MR) is 58.9 cm³/mol. The van der Waals surface area contributed by atoms with Gasteiger partial charge in [-0.05, 0) is 13.0 Å². The first-order valence-corrected chi connectivity index (χ1v) is 6.28. The van der Waals surface area contributed by atoms with Gasteiger partial charge in [0.05, 0.1) is 5.51 Å². The van der Waals surface area contributed by atoms with Crippen LogP contribution in [0.25, 0.3) is 0 Å². The molecule has 0 bridgehead atoms. The minimum absolute atomic E-state index is 0.0200. The third-order valence-electron chi connectivity index (χ3n) is 2.48. The Kier molecular flexibility index (Phi) is 5.19. The van der Waals surface area contributed by atoms with E-state index in [1.807, 2.05) is 0 Å². The molecule has 0 aromatic carbocycles. The number of thiazole rings is 1. The topological polar surface area (TPSA) is 24.9 Å². The Morgan fingerprint density at radius 1 is 1.21 bits per heavy atom. The second-order valence-electron chi connectivity index (χ2n) is 3.90. The molecule has 0 radical (unpaired) electrons. The monoisotopic (exact) mass is 306 g/mol. The number of rotatable bonds is 5. The maximum absolute atomic E-state index is 12.6. The molecular formula is C10H12F6N2S. The smallest absolute Gasteiger partial charge is 0.313 e. The Morgan fingerprint density at radius 3 is 2.16 bits per heavy atom. The summed E-state index contributed by atoms with van der Waals surface area (Å²) < 4.78 is 75.9. The summed E-state index contributed by atoms with van der Waals surface area (Å²) in [6.45, 7) is 1.48. The van der Waals surface area contributed by atoms with Crippen molar-refractivity contribution in [1.82, 2.24) is 10.3 Å². The number of likely N-dealkylation sites (N-methyl/N-ethyl adjacent to an activating group) is 1. The van der Waals surface area contributed by atoms with Gasteiger partial charge < -0.3 is 5.32 Å². The van der Waals surface area contributed by atoms with Gasteiger partial charge in [0.1, 0.15) is 0 Å². The summed E-state index contributed by atoms with van der Waals surface area (Å²) in [5, 5.41) is 2.27.